The number of nitrogens with zero attached hydrogens (tertiary/aromatic N) is 3. The van der Waals surface area contributed by atoms with Crippen LogP contribution < -0.4 is 5.32 Å². The highest BCUT2D eigenvalue weighted by atomic mass is 16.2. The first-order chi connectivity index (χ1) is 15.0. The Kier molecular flexibility index (Phi) is 7.54. The highest BCUT2D eigenvalue weighted by molar-refractivity contribution is 6.39. The molecule has 162 valence electrons. The van der Waals surface area contributed by atoms with E-state index < -0.39 is 6.04 Å². The number of carbonyl (C=O) groups excluding carboxylic acids is 3. The van der Waals surface area contributed by atoms with Gasteiger partial charge in [0.05, 0.1) is 6.54 Å². The largest absolute Gasteiger partial charge is 0.326 e. The van der Waals surface area contributed by atoms with E-state index in [1.54, 1.807) is 19.1 Å². The number of hydrazone groups is 1. The Balaban J connectivity index is 1.75. The van der Waals surface area contributed by atoms with Gasteiger partial charge in [0.25, 0.3) is 5.91 Å². The minimum Gasteiger partial charge on any atom is -0.326 e. The van der Waals surface area contributed by atoms with Crippen LogP contribution in [0.4, 0.5) is 5.69 Å². The van der Waals surface area contributed by atoms with Gasteiger partial charge in [-0.1, -0.05) is 55.5 Å². The zero-order valence-corrected chi connectivity index (χ0v) is 18.0. The van der Waals surface area contributed by atoms with Crippen LogP contribution in [0.3, 0.4) is 0 Å². The molecule has 3 amide bonds. The van der Waals surface area contributed by atoms with Crippen LogP contribution in [0.5, 0.6) is 0 Å². The molecule has 7 heteroatoms. The van der Waals surface area contributed by atoms with E-state index in [1.165, 1.54) is 9.91 Å². The molecular weight excluding hydrogens is 392 g/mol. The Morgan fingerprint density at radius 1 is 1.06 bits per heavy atom. The molecule has 0 saturated carbocycles. The molecule has 1 atom stereocenters. The van der Waals surface area contributed by atoms with Crippen LogP contribution in [0.2, 0.25) is 0 Å². The first-order valence-electron chi connectivity index (χ1n) is 10.6. The van der Waals surface area contributed by atoms with Gasteiger partial charge in [-0.3, -0.25) is 14.4 Å². The summed E-state index contributed by atoms with van der Waals surface area (Å²) in [5.41, 5.74) is 1.93. The van der Waals surface area contributed by atoms with Gasteiger partial charge in [-0.2, -0.15) is 5.10 Å². The van der Waals surface area contributed by atoms with Crippen molar-refractivity contribution in [2.75, 3.05) is 11.9 Å². The highest BCUT2D eigenvalue weighted by Gasteiger charge is 2.31. The van der Waals surface area contributed by atoms with E-state index in [4.69, 9.17) is 0 Å². The topological polar surface area (TPSA) is 82.1 Å². The number of amides is 3. The van der Waals surface area contributed by atoms with Gasteiger partial charge in [0.2, 0.25) is 11.8 Å². The molecule has 1 aliphatic rings. The number of benzene rings is 2. The van der Waals surface area contributed by atoms with Crippen molar-refractivity contribution in [2.45, 2.75) is 45.7 Å². The van der Waals surface area contributed by atoms with E-state index in [0.29, 0.717) is 30.9 Å². The highest BCUT2D eigenvalue weighted by Crippen LogP contribution is 2.17. The van der Waals surface area contributed by atoms with Crippen molar-refractivity contribution in [2.24, 2.45) is 5.10 Å². The molecule has 1 unspecified atom stereocenters. The average Bonchev–Trinajstić information content (AvgIpc) is 2.79. The third-order valence-corrected chi connectivity index (χ3v) is 5.14. The molecule has 31 heavy (non-hydrogen) atoms. The monoisotopic (exact) mass is 420 g/mol. The first kappa shape index (κ1) is 22.2. The Labute approximate surface area is 182 Å². The van der Waals surface area contributed by atoms with Gasteiger partial charge in [-0.25, -0.2) is 5.01 Å². The number of carbonyl (C=O) groups is 3. The van der Waals surface area contributed by atoms with Crippen molar-refractivity contribution >= 4 is 29.1 Å². The minimum absolute atomic E-state index is 0.114. The predicted octanol–water partition coefficient (Wildman–Crippen LogP) is 3.43. The van der Waals surface area contributed by atoms with Crippen LogP contribution >= 0.6 is 0 Å². The molecule has 1 heterocycles. The first-order valence-corrected chi connectivity index (χ1v) is 10.6. The maximum absolute atomic E-state index is 13.3. The minimum atomic E-state index is -0.671. The van der Waals surface area contributed by atoms with E-state index in [9.17, 15) is 14.4 Å². The Bertz CT molecular complexity index is 944. The summed E-state index contributed by atoms with van der Waals surface area (Å²) in [4.78, 5) is 39.9. The number of nitrogens with one attached hydrogen (secondary N) is 1. The maximum atomic E-state index is 13.3. The van der Waals surface area contributed by atoms with Crippen molar-refractivity contribution in [1.29, 1.82) is 0 Å². The third-order valence-electron chi connectivity index (χ3n) is 5.14. The molecule has 2 aromatic rings. The van der Waals surface area contributed by atoms with Crippen LogP contribution in [0.25, 0.3) is 0 Å². The lowest BCUT2D eigenvalue weighted by Gasteiger charge is -2.30. The predicted molar refractivity (Wildman–Crippen MR) is 120 cm³/mol. The Morgan fingerprint density at radius 3 is 2.35 bits per heavy atom. The van der Waals surface area contributed by atoms with Crippen molar-refractivity contribution < 1.29 is 14.4 Å². The molecule has 2 aromatic carbocycles. The maximum Gasteiger partial charge on any atom is 0.270 e. The molecule has 0 saturated heterocycles. The van der Waals surface area contributed by atoms with E-state index >= 15 is 0 Å². The Hall–Kier alpha value is -3.48. The lowest BCUT2D eigenvalue weighted by molar-refractivity contribution is -0.134. The summed E-state index contributed by atoms with van der Waals surface area (Å²) in [6.07, 6.45) is 1.20. The average molecular weight is 421 g/mol. The summed E-state index contributed by atoms with van der Waals surface area (Å²) in [7, 11) is 0. The van der Waals surface area contributed by atoms with Gasteiger partial charge in [0.15, 0.2) is 0 Å². The van der Waals surface area contributed by atoms with Gasteiger partial charge in [0.1, 0.15) is 11.8 Å². The fourth-order valence-corrected chi connectivity index (χ4v) is 3.42. The van der Waals surface area contributed by atoms with Crippen LogP contribution in [-0.4, -0.2) is 45.9 Å². The van der Waals surface area contributed by atoms with Crippen molar-refractivity contribution in [3.8, 4) is 0 Å². The second-order valence-electron chi connectivity index (χ2n) is 7.51. The summed E-state index contributed by atoms with van der Waals surface area (Å²) in [5.74, 6) is -0.679. The molecule has 0 fully saturated rings. The van der Waals surface area contributed by atoms with E-state index in [-0.39, 0.29) is 30.6 Å². The number of hydrogen-bond acceptors (Lipinski definition) is 4. The molecule has 0 radical (unpaired) electrons. The zero-order valence-electron chi connectivity index (χ0n) is 18.0. The summed E-state index contributed by atoms with van der Waals surface area (Å²) < 4.78 is 0. The molecule has 3 rings (SSSR count). The van der Waals surface area contributed by atoms with Gasteiger partial charge < -0.3 is 10.2 Å². The van der Waals surface area contributed by atoms with Gasteiger partial charge in [0, 0.05) is 25.1 Å². The lowest BCUT2D eigenvalue weighted by atomic mass is 10.1. The van der Waals surface area contributed by atoms with Crippen LogP contribution in [0, 0.1) is 0 Å². The third kappa shape index (κ3) is 5.78. The molecule has 0 aromatic heterocycles. The van der Waals surface area contributed by atoms with Gasteiger partial charge >= 0.3 is 0 Å². The number of para-hydroxylation sites is 1. The van der Waals surface area contributed by atoms with Gasteiger partial charge in [-0.15, -0.1) is 0 Å². The van der Waals surface area contributed by atoms with E-state index in [0.717, 1.165) is 5.56 Å². The van der Waals surface area contributed by atoms with Crippen LogP contribution in [0.15, 0.2) is 65.8 Å². The summed E-state index contributed by atoms with van der Waals surface area (Å²) in [5, 5.41) is 8.57. The number of rotatable bonds is 8. The smallest absolute Gasteiger partial charge is 0.270 e. The second kappa shape index (κ2) is 10.5. The van der Waals surface area contributed by atoms with E-state index in [1.807, 2.05) is 55.5 Å². The molecule has 0 aliphatic carbocycles. The summed E-state index contributed by atoms with van der Waals surface area (Å²) in [6.45, 7) is 4.40. The molecule has 0 spiro atoms. The molecular formula is C24H28N4O3. The Morgan fingerprint density at radius 2 is 1.71 bits per heavy atom. The molecule has 0 bridgehead atoms. The quantitative estimate of drug-likeness (QED) is 0.710. The van der Waals surface area contributed by atoms with Crippen LogP contribution in [-0.2, 0) is 20.9 Å². The van der Waals surface area contributed by atoms with Crippen molar-refractivity contribution in [3.05, 3.63) is 66.2 Å². The lowest BCUT2D eigenvalue weighted by Crippen LogP contribution is -2.49. The fourth-order valence-electron chi connectivity index (χ4n) is 3.42. The second-order valence-corrected chi connectivity index (χ2v) is 7.51. The zero-order chi connectivity index (χ0) is 22.2. The van der Waals surface area contributed by atoms with Gasteiger partial charge in [-0.05, 0) is 31.0 Å². The van der Waals surface area contributed by atoms with Crippen molar-refractivity contribution in [3.63, 3.8) is 0 Å². The van der Waals surface area contributed by atoms with Crippen LogP contribution in [0.1, 0.15) is 38.7 Å². The standard InChI is InChI=1S/C24H28N4O3/c1-3-16-27(18(2)23(30)25-20-12-8-5-9-13-20)24(31)21-14-15-22(29)28(26-21)17-19-10-6-4-7-11-19/h4-13,18H,3,14-17H2,1-2H3,(H,25,30). The SMILES string of the molecule is CCCN(C(=O)C1=NN(Cc2ccccc2)C(=O)CC1)C(C)C(=O)Nc1ccccc1. The molecule has 1 N–H and O–H groups in total. The van der Waals surface area contributed by atoms with Crippen molar-refractivity contribution in [1.82, 2.24) is 9.91 Å². The van der Waals surface area contributed by atoms with E-state index in [2.05, 4.69) is 10.4 Å². The number of anilines is 1. The number of hydrogen-bond donors (Lipinski definition) is 1. The normalized spacial score (nSPS) is 14.6. The molecule has 1 aliphatic heterocycles. The summed E-state index contributed by atoms with van der Waals surface area (Å²) >= 11 is 0. The molecule has 7 nitrogen and oxygen atoms in total. The summed E-state index contributed by atoms with van der Waals surface area (Å²) in [6, 6.07) is 18.0. The fraction of sp³-hybridized carbons (Fsp3) is 0.333.